The minimum atomic E-state index is 0.731. The SMILES string of the molecule is CCC.Cc1cccc(C#N)c1. The van der Waals surface area contributed by atoms with E-state index in [-0.39, 0.29) is 0 Å². The molecule has 0 bridgehead atoms. The first kappa shape index (κ1) is 10.7. The number of nitriles is 1. The normalized spacial score (nSPS) is 7.83. The summed E-state index contributed by atoms with van der Waals surface area (Å²) in [5.74, 6) is 0. The molecule has 0 fully saturated rings. The van der Waals surface area contributed by atoms with Gasteiger partial charge in [-0.25, -0.2) is 0 Å². The van der Waals surface area contributed by atoms with Gasteiger partial charge in [0.15, 0.2) is 0 Å². The first-order chi connectivity index (χ1) is 5.74. The van der Waals surface area contributed by atoms with Gasteiger partial charge in [0.25, 0.3) is 0 Å². The minimum absolute atomic E-state index is 0.731. The van der Waals surface area contributed by atoms with Crippen LogP contribution in [0.25, 0.3) is 0 Å². The zero-order chi connectivity index (χ0) is 9.40. The minimum Gasteiger partial charge on any atom is -0.192 e. The van der Waals surface area contributed by atoms with Crippen molar-refractivity contribution in [2.24, 2.45) is 0 Å². The number of aryl methyl sites for hydroxylation is 1. The highest BCUT2D eigenvalue weighted by molar-refractivity contribution is 5.31. The lowest BCUT2D eigenvalue weighted by molar-refractivity contribution is 1.09. The molecule has 0 aliphatic carbocycles. The molecule has 1 aromatic carbocycles. The fraction of sp³-hybridized carbons (Fsp3) is 0.364. The van der Waals surface area contributed by atoms with Gasteiger partial charge in [0, 0.05) is 0 Å². The van der Waals surface area contributed by atoms with Crippen LogP contribution in [-0.2, 0) is 0 Å². The van der Waals surface area contributed by atoms with Gasteiger partial charge in [0.05, 0.1) is 11.6 Å². The quantitative estimate of drug-likeness (QED) is 0.572. The molecule has 0 spiro atoms. The Hall–Kier alpha value is -1.29. The smallest absolute Gasteiger partial charge is 0.0991 e. The molecule has 0 saturated carbocycles. The van der Waals surface area contributed by atoms with Gasteiger partial charge >= 0.3 is 0 Å². The molecule has 0 amide bonds. The summed E-state index contributed by atoms with van der Waals surface area (Å²) in [6, 6.07) is 9.58. The topological polar surface area (TPSA) is 23.8 Å². The van der Waals surface area contributed by atoms with Crippen molar-refractivity contribution >= 4 is 0 Å². The van der Waals surface area contributed by atoms with Crippen molar-refractivity contribution < 1.29 is 0 Å². The van der Waals surface area contributed by atoms with Crippen LogP contribution in [0.5, 0.6) is 0 Å². The first-order valence-electron chi connectivity index (χ1n) is 4.21. The summed E-state index contributed by atoms with van der Waals surface area (Å²) in [4.78, 5) is 0. The first-order valence-corrected chi connectivity index (χ1v) is 4.21. The van der Waals surface area contributed by atoms with Gasteiger partial charge in [-0.15, -0.1) is 0 Å². The van der Waals surface area contributed by atoms with Gasteiger partial charge in [-0.3, -0.25) is 0 Å². The molecule has 0 N–H and O–H groups in total. The fourth-order valence-electron chi connectivity index (χ4n) is 0.715. The molecular formula is C11H15N. The third-order valence-electron chi connectivity index (χ3n) is 1.15. The molecule has 0 aliphatic heterocycles. The van der Waals surface area contributed by atoms with Gasteiger partial charge in [0.1, 0.15) is 0 Å². The van der Waals surface area contributed by atoms with E-state index in [1.807, 2.05) is 25.1 Å². The largest absolute Gasteiger partial charge is 0.192 e. The molecule has 1 heteroatoms. The molecule has 12 heavy (non-hydrogen) atoms. The zero-order valence-corrected chi connectivity index (χ0v) is 7.96. The molecule has 0 heterocycles. The molecule has 64 valence electrons. The Kier molecular flexibility index (Phi) is 5.73. The summed E-state index contributed by atoms with van der Waals surface area (Å²) in [7, 11) is 0. The maximum Gasteiger partial charge on any atom is 0.0991 e. The lowest BCUT2D eigenvalue weighted by Crippen LogP contribution is -1.73. The van der Waals surface area contributed by atoms with E-state index in [2.05, 4.69) is 19.9 Å². The zero-order valence-electron chi connectivity index (χ0n) is 7.96. The van der Waals surface area contributed by atoms with Crippen molar-refractivity contribution in [1.82, 2.24) is 0 Å². The van der Waals surface area contributed by atoms with Crippen LogP contribution in [0.15, 0.2) is 24.3 Å². The molecule has 1 nitrogen and oxygen atoms in total. The summed E-state index contributed by atoms with van der Waals surface area (Å²) in [6.07, 6.45) is 1.25. The number of benzene rings is 1. The summed E-state index contributed by atoms with van der Waals surface area (Å²) >= 11 is 0. The van der Waals surface area contributed by atoms with Crippen LogP contribution in [0.3, 0.4) is 0 Å². The highest BCUT2D eigenvalue weighted by atomic mass is 14.2. The molecular weight excluding hydrogens is 146 g/mol. The Balaban J connectivity index is 0.000000354. The number of rotatable bonds is 0. The molecule has 0 saturated heterocycles. The van der Waals surface area contributed by atoms with Crippen molar-refractivity contribution in [3.05, 3.63) is 35.4 Å². The highest BCUT2D eigenvalue weighted by Gasteiger charge is 1.86. The van der Waals surface area contributed by atoms with Crippen molar-refractivity contribution in [3.63, 3.8) is 0 Å². The number of hydrogen-bond acceptors (Lipinski definition) is 1. The van der Waals surface area contributed by atoms with E-state index < -0.39 is 0 Å². The monoisotopic (exact) mass is 161 g/mol. The van der Waals surface area contributed by atoms with E-state index in [4.69, 9.17) is 5.26 Å². The van der Waals surface area contributed by atoms with Gasteiger partial charge in [-0.05, 0) is 24.6 Å². The summed E-state index contributed by atoms with van der Waals surface area (Å²) < 4.78 is 0. The molecule has 1 aromatic rings. The lowest BCUT2D eigenvalue weighted by atomic mass is 10.2. The Bertz CT molecular complexity index is 258. The lowest BCUT2D eigenvalue weighted by Gasteiger charge is -1.88. The van der Waals surface area contributed by atoms with Crippen molar-refractivity contribution in [1.29, 1.82) is 5.26 Å². The fourth-order valence-corrected chi connectivity index (χ4v) is 0.715. The van der Waals surface area contributed by atoms with E-state index in [1.54, 1.807) is 6.07 Å². The van der Waals surface area contributed by atoms with Crippen molar-refractivity contribution in [3.8, 4) is 6.07 Å². The third kappa shape index (κ3) is 4.51. The van der Waals surface area contributed by atoms with E-state index in [1.165, 1.54) is 6.42 Å². The standard InChI is InChI=1S/C8H7N.C3H8/c1-7-3-2-4-8(5-7)6-9;1-3-2/h2-5H,1H3;3H2,1-2H3. The molecule has 0 aromatic heterocycles. The van der Waals surface area contributed by atoms with Crippen LogP contribution in [0.4, 0.5) is 0 Å². The Morgan fingerprint density at radius 1 is 1.33 bits per heavy atom. The van der Waals surface area contributed by atoms with Gasteiger partial charge in [-0.1, -0.05) is 32.4 Å². The van der Waals surface area contributed by atoms with Crippen molar-refractivity contribution in [2.45, 2.75) is 27.2 Å². The van der Waals surface area contributed by atoms with Crippen molar-refractivity contribution in [2.75, 3.05) is 0 Å². The Labute approximate surface area is 74.7 Å². The summed E-state index contributed by atoms with van der Waals surface area (Å²) in [6.45, 7) is 6.22. The van der Waals surface area contributed by atoms with Gasteiger partial charge in [-0.2, -0.15) is 5.26 Å². The summed E-state index contributed by atoms with van der Waals surface area (Å²) in [5, 5.41) is 8.41. The second-order valence-electron chi connectivity index (χ2n) is 2.69. The maximum atomic E-state index is 8.41. The van der Waals surface area contributed by atoms with Crippen LogP contribution >= 0.6 is 0 Å². The highest BCUT2D eigenvalue weighted by Crippen LogP contribution is 2.00. The third-order valence-corrected chi connectivity index (χ3v) is 1.15. The van der Waals surface area contributed by atoms with E-state index in [0.717, 1.165) is 11.1 Å². The number of nitrogens with zero attached hydrogens (tertiary/aromatic N) is 1. The molecule has 0 aliphatic rings. The summed E-state index contributed by atoms with van der Waals surface area (Å²) in [5.41, 5.74) is 1.86. The molecule has 1 rings (SSSR count). The van der Waals surface area contributed by atoms with Gasteiger partial charge in [0.2, 0.25) is 0 Å². The predicted molar refractivity (Wildman–Crippen MR) is 51.9 cm³/mol. The second kappa shape index (κ2) is 6.42. The van der Waals surface area contributed by atoms with E-state index in [0.29, 0.717) is 0 Å². The van der Waals surface area contributed by atoms with Crippen LogP contribution in [-0.4, -0.2) is 0 Å². The Morgan fingerprint density at radius 2 is 1.92 bits per heavy atom. The van der Waals surface area contributed by atoms with Gasteiger partial charge < -0.3 is 0 Å². The Morgan fingerprint density at radius 3 is 2.25 bits per heavy atom. The van der Waals surface area contributed by atoms with Crippen LogP contribution in [0.2, 0.25) is 0 Å². The molecule has 0 unspecified atom stereocenters. The van der Waals surface area contributed by atoms with E-state index in [9.17, 15) is 0 Å². The van der Waals surface area contributed by atoms with Crippen LogP contribution in [0.1, 0.15) is 31.4 Å². The maximum absolute atomic E-state index is 8.41. The number of hydrogen-bond donors (Lipinski definition) is 0. The average molecular weight is 161 g/mol. The predicted octanol–water partition coefficient (Wildman–Crippen LogP) is 3.28. The van der Waals surface area contributed by atoms with Crippen LogP contribution < -0.4 is 0 Å². The van der Waals surface area contributed by atoms with E-state index >= 15 is 0 Å². The molecule has 0 radical (unpaired) electrons. The van der Waals surface area contributed by atoms with Crippen LogP contribution in [0, 0.1) is 18.3 Å². The average Bonchev–Trinajstić information content (AvgIpc) is 2.06. The second-order valence-corrected chi connectivity index (χ2v) is 2.69. The molecule has 0 atom stereocenters.